The largest absolute Gasteiger partial charge is 0.495 e. The maximum Gasteiger partial charge on any atom is 0.240 e. The summed E-state index contributed by atoms with van der Waals surface area (Å²) in [6, 6.07) is 5.26. The van der Waals surface area contributed by atoms with Crippen molar-refractivity contribution in [3.8, 4) is 5.75 Å². The summed E-state index contributed by atoms with van der Waals surface area (Å²) in [5.41, 5.74) is 1.23. The third-order valence-electron chi connectivity index (χ3n) is 8.64. The molecule has 0 spiro atoms. The first-order valence-corrected chi connectivity index (χ1v) is 13.0. The summed E-state index contributed by atoms with van der Waals surface area (Å²) in [4.78, 5) is 19.7. The monoisotopic (exact) mass is 572 g/mol. The molecule has 3 aliphatic carbocycles. The van der Waals surface area contributed by atoms with Gasteiger partial charge in [0.2, 0.25) is 5.91 Å². The number of carbonyl (C=O) groups is 1. The van der Waals surface area contributed by atoms with E-state index < -0.39 is 24.2 Å². The zero-order valence-electron chi connectivity index (χ0n) is 20.1. The number of hydroxylamine groups is 2. The molecular formula is C25H37IN2O5. The van der Waals surface area contributed by atoms with Crippen LogP contribution in [0.3, 0.4) is 0 Å². The second-order valence-electron chi connectivity index (χ2n) is 10.7. The second-order valence-corrected chi connectivity index (χ2v) is 11.8. The van der Waals surface area contributed by atoms with Crippen molar-refractivity contribution in [2.75, 3.05) is 13.7 Å². The molecule has 8 atom stereocenters. The van der Waals surface area contributed by atoms with Gasteiger partial charge in [0.05, 0.1) is 29.9 Å². The molecule has 8 heteroatoms. The quantitative estimate of drug-likeness (QED) is 0.436. The van der Waals surface area contributed by atoms with Crippen LogP contribution in [0, 0.1) is 32.7 Å². The van der Waals surface area contributed by atoms with E-state index in [0.29, 0.717) is 29.7 Å². The highest BCUT2D eigenvalue weighted by atomic mass is 127. The molecule has 1 saturated heterocycles. The molecule has 0 radical (unpaired) electrons. The Hall–Kier alpha value is -0.940. The first-order chi connectivity index (χ1) is 15.6. The summed E-state index contributed by atoms with van der Waals surface area (Å²) in [6.07, 6.45) is 0.772. The van der Waals surface area contributed by atoms with Crippen LogP contribution in [0.5, 0.6) is 5.75 Å². The molecule has 2 bridgehead atoms. The number of carbonyl (C=O) groups excluding carboxylic acids is 1. The van der Waals surface area contributed by atoms with Gasteiger partial charge in [0.15, 0.2) is 0 Å². The summed E-state index contributed by atoms with van der Waals surface area (Å²) in [7, 11) is 1.63. The minimum absolute atomic E-state index is 0.117. The molecule has 3 N–H and O–H groups in total. The van der Waals surface area contributed by atoms with E-state index in [9.17, 15) is 15.0 Å². The molecule has 7 nitrogen and oxygen atoms in total. The van der Waals surface area contributed by atoms with Crippen LogP contribution < -0.4 is 10.1 Å². The third kappa shape index (κ3) is 4.42. The number of halogens is 1. The van der Waals surface area contributed by atoms with E-state index in [0.717, 1.165) is 21.3 Å². The van der Waals surface area contributed by atoms with Gasteiger partial charge in [-0.2, -0.15) is 5.06 Å². The highest BCUT2D eigenvalue weighted by Crippen LogP contribution is 2.61. The van der Waals surface area contributed by atoms with Crippen LogP contribution in [0.25, 0.3) is 0 Å². The Balaban J connectivity index is 1.57. The second kappa shape index (κ2) is 9.60. The molecule has 4 fully saturated rings. The summed E-state index contributed by atoms with van der Waals surface area (Å²) >= 11 is 2.22. The van der Waals surface area contributed by atoms with Crippen molar-refractivity contribution in [3.05, 3.63) is 27.3 Å². The van der Waals surface area contributed by atoms with Gasteiger partial charge in [-0.15, -0.1) is 0 Å². The molecule has 5 rings (SSSR count). The fourth-order valence-corrected chi connectivity index (χ4v) is 7.33. The molecule has 1 amide bonds. The molecule has 33 heavy (non-hydrogen) atoms. The topological polar surface area (TPSA) is 91.3 Å². The molecular weight excluding hydrogens is 535 g/mol. The molecule has 3 saturated carbocycles. The minimum atomic E-state index is -0.808. The normalized spacial score (nSPS) is 36.2. The Kier molecular flexibility index (Phi) is 7.32. The predicted octanol–water partition coefficient (Wildman–Crippen LogP) is 2.96. The Morgan fingerprint density at radius 3 is 2.70 bits per heavy atom. The van der Waals surface area contributed by atoms with E-state index in [1.807, 2.05) is 18.2 Å². The Morgan fingerprint density at radius 2 is 2.12 bits per heavy atom. The summed E-state index contributed by atoms with van der Waals surface area (Å²) < 4.78 is 6.56. The number of aliphatic hydroxyl groups is 2. The van der Waals surface area contributed by atoms with Crippen LogP contribution in [0.1, 0.15) is 46.1 Å². The van der Waals surface area contributed by atoms with E-state index in [2.05, 4.69) is 48.7 Å². The summed E-state index contributed by atoms with van der Waals surface area (Å²) in [5.74, 6) is 1.72. The van der Waals surface area contributed by atoms with E-state index in [4.69, 9.17) is 9.57 Å². The number of aliphatic hydroxyl groups excluding tert-OH is 2. The number of methoxy groups -OCH3 is 1. The number of ether oxygens (including phenoxy) is 1. The van der Waals surface area contributed by atoms with Crippen molar-refractivity contribution in [1.29, 1.82) is 0 Å². The average Bonchev–Trinajstić information content (AvgIpc) is 3.13. The van der Waals surface area contributed by atoms with E-state index in [1.165, 1.54) is 6.42 Å². The zero-order valence-corrected chi connectivity index (χ0v) is 22.3. The minimum Gasteiger partial charge on any atom is -0.495 e. The smallest absolute Gasteiger partial charge is 0.240 e. The number of benzene rings is 1. The van der Waals surface area contributed by atoms with Crippen LogP contribution in [0.15, 0.2) is 18.2 Å². The van der Waals surface area contributed by atoms with Gasteiger partial charge in [-0.3, -0.25) is 9.63 Å². The molecule has 0 aromatic heterocycles. The molecule has 1 aromatic carbocycles. The van der Waals surface area contributed by atoms with Gasteiger partial charge >= 0.3 is 0 Å². The van der Waals surface area contributed by atoms with Crippen LogP contribution in [-0.4, -0.2) is 59.2 Å². The molecule has 1 heterocycles. The lowest BCUT2D eigenvalue weighted by Crippen LogP contribution is -2.62. The number of para-hydroxylation sites is 1. The van der Waals surface area contributed by atoms with Gasteiger partial charge in [-0.05, 0) is 71.6 Å². The maximum absolute atomic E-state index is 13.7. The maximum atomic E-state index is 13.7. The molecule has 1 aliphatic heterocycles. The summed E-state index contributed by atoms with van der Waals surface area (Å²) in [5, 5.41) is 25.4. The number of nitrogens with zero attached hydrogens (tertiary/aromatic N) is 1. The van der Waals surface area contributed by atoms with Crippen LogP contribution >= 0.6 is 22.6 Å². The first kappa shape index (κ1) is 25.2. The van der Waals surface area contributed by atoms with Crippen molar-refractivity contribution < 1.29 is 24.6 Å². The molecule has 1 unspecified atom stereocenters. The number of nitrogens with one attached hydrogen (secondary N) is 1. The summed E-state index contributed by atoms with van der Waals surface area (Å²) in [6.45, 7) is 8.64. The van der Waals surface area contributed by atoms with E-state index >= 15 is 0 Å². The van der Waals surface area contributed by atoms with Gasteiger partial charge in [0.25, 0.3) is 0 Å². The third-order valence-corrected chi connectivity index (χ3v) is 9.49. The van der Waals surface area contributed by atoms with Crippen molar-refractivity contribution >= 4 is 28.5 Å². The number of rotatable bonds is 7. The van der Waals surface area contributed by atoms with Crippen LogP contribution in [0.4, 0.5) is 0 Å². The lowest BCUT2D eigenvalue weighted by atomic mass is 9.45. The number of fused-ring (bicyclic) bond motifs is 2. The van der Waals surface area contributed by atoms with E-state index in [-0.39, 0.29) is 18.6 Å². The van der Waals surface area contributed by atoms with Gasteiger partial charge < -0.3 is 20.3 Å². The van der Waals surface area contributed by atoms with Gasteiger partial charge in [-0.25, -0.2) is 0 Å². The van der Waals surface area contributed by atoms with Crippen molar-refractivity contribution in [2.24, 2.45) is 29.1 Å². The number of hydrogen-bond acceptors (Lipinski definition) is 6. The Bertz CT molecular complexity index is 878. The highest BCUT2D eigenvalue weighted by Gasteiger charge is 2.57. The fraction of sp³-hybridized carbons (Fsp3) is 0.720. The van der Waals surface area contributed by atoms with Gasteiger partial charge in [0, 0.05) is 17.5 Å². The average molecular weight is 572 g/mol. The predicted molar refractivity (Wildman–Crippen MR) is 133 cm³/mol. The highest BCUT2D eigenvalue weighted by molar-refractivity contribution is 14.1. The van der Waals surface area contributed by atoms with Gasteiger partial charge in [0.1, 0.15) is 17.9 Å². The SMILES string of the molecule is COc1c(I)cccc1CN1O[C@@H](CO)[C@@H]([C@H](C)O)[C@H]1C(=O)N[C@H]1C[C@H]2C[C@@H](C1C)C2(C)C. The Morgan fingerprint density at radius 1 is 1.39 bits per heavy atom. The number of hydrogen-bond donors (Lipinski definition) is 3. The fourth-order valence-electron chi connectivity index (χ4n) is 6.56. The molecule has 4 aliphatic rings. The lowest BCUT2D eigenvalue weighted by Gasteiger charge is -2.62. The molecule has 1 aromatic rings. The number of amides is 1. The first-order valence-electron chi connectivity index (χ1n) is 11.9. The van der Waals surface area contributed by atoms with Crippen LogP contribution in [0.2, 0.25) is 0 Å². The van der Waals surface area contributed by atoms with E-state index in [1.54, 1.807) is 19.1 Å². The lowest BCUT2D eigenvalue weighted by molar-refractivity contribution is -0.183. The zero-order chi connectivity index (χ0) is 24.1. The Labute approximate surface area is 210 Å². The van der Waals surface area contributed by atoms with Gasteiger partial charge in [-0.1, -0.05) is 32.9 Å². The van der Waals surface area contributed by atoms with Crippen LogP contribution in [-0.2, 0) is 16.2 Å². The van der Waals surface area contributed by atoms with Crippen molar-refractivity contribution in [3.63, 3.8) is 0 Å². The molecule has 184 valence electrons. The van der Waals surface area contributed by atoms with Crippen molar-refractivity contribution in [2.45, 2.75) is 71.4 Å². The standard InChI is InChI=1S/C25H37IN2O5/c1-13-17-9-16(25(17,3)4)10-19(13)27-24(31)22-21(14(2)30)20(12-29)33-28(22)11-15-7-6-8-18(26)23(15)32-5/h6-8,13-14,16-17,19-22,29-30H,9-12H2,1-5H3,(H,27,31)/t13?,14-,16+,17-,19-,20-,21+,22-/m0/s1. The van der Waals surface area contributed by atoms with Crippen molar-refractivity contribution in [1.82, 2.24) is 10.4 Å².